The van der Waals surface area contributed by atoms with E-state index in [2.05, 4.69) is 25.5 Å². The third-order valence-corrected chi connectivity index (χ3v) is 3.82. The van der Waals surface area contributed by atoms with Crippen LogP contribution in [0.2, 0.25) is 0 Å². The third-order valence-electron chi connectivity index (χ3n) is 3.82. The molecule has 3 rings (SSSR count). The Balaban J connectivity index is 1.83. The highest BCUT2D eigenvalue weighted by Gasteiger charge is 2.20. The Kier molecular flexibility index (Phi) is 4.06. The van der Waals surface area contributed by atoms with Gasteiger partial charge in [0, 0.05) is 18.0 Å². The summed E-state index contributed by atoms with van der Waals surface area (Å²) in [7, 11) is 3.57. The van der Waals surface area contributed by atoms with Gasteiger partial charge in [0.05, 0.1) is 7.11 Å². The van der Waals surface area contributed by atoms with Gasteiger partial charge in [-0.15, -0.1) is 10.2 Å². The van der Waals surface area contributed by atoms with E-state index in [1.807, 2.05) is 19.3 Å². The van der Waals surface area contributed by atoms with Crippen LogP contribution in [0.25, 0.3) is 11.5 Å². The first-order chi connectivity index (χ1) is 10.3. The van der Waals surface area contributed by atoms with Crippen molar-refractivity contribution in [3.8, 4) is 17.4 Å². The van der Waals surface area contributed by atoms with Gasteiger partial charge in [-0.2, -0.15) is 0 Å². The number of methoxy groups -OCH3 is 1. The average molecular weight is 285 g/mol. The first kappa shape index (κ1) is 13.9. The molecule has 6 heteroatoms. The van der Waals surface area contributed by atoms with Crippen molar-refractivity contribution in [1.29, 1.82) is 0 Å². The Hall–Kier alpha value is -2.08. The highest BCUT2D eigenvalue weighted by molar-refractivity contribution is 5.49. The Bertz CT molecular complexity index is 614. The number of nitrogens with one attached hydrogen (secondary N) is 1. The van der Waals surface area contributed by atoms with Gasteiger partial charge in [-0.1, -0.05) is 0 Å². The van der Waals surface area contributed by atoms with Gasteiger partial charge >= 0.3 is 0 Å². The Morgan fingerprint density at radius 3 is 2.95 bits per heavy atom. The SMILES string of the molecule is CNCC1CCc2nc(-c3ccc(OC)nn3)ncc2C1. The zero-order chi connectivity index (χ0) is 14.7. The van der Waals surface area contributed by atoms with Crippen LogP contribution in [0.1, 0.15) is 17.7 Å². The van der Waals surface area contributed by atoms with Crippen LogP contribution in [0.15, 0.2) is 18.3 Å². The van der Waals surface area contributed by atoms with Crippen LogP contribution in [0.5, 0.6) is 5.88 Å². The summed E-state index contributed by atoms with van der Waals surface area (Å²) in [5.41, 5.74) is 3.08. The molecule has 1 aliphatic carbocycles. The molecule has 1 unspecified atom stereocenters. The molecule has 0 fully saturated rings. The van der Waals surface area contributed by atoms with Crippen LogP contribution in [0.3, 0.4) is 0 Å². The summed E-state index contributed by atoms with van der Waals surface area (Å²) >= 11 is 0. The van der Waals surface area contributed by atoms with Crippen molar-refractivity contribution in [3.05, 3.63) is 29.6 Å². The van der Waals surface area contributed by atoms with Crippen molar-refractivity contribution in [3.63, 3.8) is 0 Å². The van der Waals surface area contributed by atoms with Gasteiger partial charge in [0.2, 0.25) is 5.88 Å². The van der Waals surface area contributed by atoms with Gasteiger partial charge in [-0.3, -0.25) is 0 Å². The maximum atomic E-state index is 5.01. The van der Waals surface area contributed by atoms with Crippen LogP contribution < -0.4 is 10.1 Å². The van der Waals surface area contributed by atoms with Crippen molar-refractivity contribution in [1.82, 2.24) is 25.5 Å². The largest absolute Gasteiger partial charge is 0.480 e. The summed E-state index contributed by atoms with van der Waals surface area (Å²) in [6.07, 6.45) is 5.15. The minimum atomic E-state index is 0.492. The van der Waals surface area contributed by atoms with E-state index in [9.17, 15) is 0 Å². The van der Waals surface area contributed by atoms with E-state index in [0.29, 0.717) is 23.3 Å². The first-order valence-corrected chi connectivity index (χ1v) is 7.17. The molecule has 0 aromatic carbocycles. The van der Waals surface area contributed by atoms with Crippen molar-refractivity contribution in [2.24, 2.45) is 5.92 Å². The van der Waals surface area contributed by atoms with E-state index in [0.717, 1.165) is 25.1 Å². The number of hydrogen-bond donors (Lipinski definition) is 1. The quantitative estimate of drug-likeness (QED) is 0.912. The van der Waals surface area contributed by atoms with Crippen LogP contribution in [-0.4, -0.2) is 40.9 Å². The third kappa shape index (κ3) is 3.00. The molecule has 0 radical (unpaired) electrons. The molecule has 1 atom stereocenters. The van der Waals surface area contributed by atoms with E-state index in [4.69, 9.17) is 4.74 Å². The lowest BCUT2D eigenvalue weighted by molar-refractivity contribution is 0.392. The van der Waals surface area contributed by atoms with Crippen molar-refractivity contribution in [2.75, 3.05) is 20.7 Å². The lowest BCUT2D eigenvalue weighted by atomic mass is 9.87. The zero-order valence-corrected chi connectivity index (χ0v) is 12.3. The van der Waals surface area contributed by atoms with Crippen molar-refractivity contribution < 1.29 is 4.74 Å². The number of rotatable bonds is 4. The van der Waals surface area contributed by atoms with Crippen LogP contribution in [0.4, 0.5) is 0 Å². The van der Waals surface area contributed by atoms with E-state index in [-0.39, 0.29) is 0 Å². The summed E-state index contributed by atoms with van der Waals surface area (Å²) in [5, 5.41) is 11.3. The van der Waals surface area contributed by atoms with E-state index in [1.165, 1.54) is 12.0 Å². The number of aromatic nitrogens is 4. The molecule has 0 saturated carbocycles. The van der Waals surface area contributed by atoms with E-state index in [1.54, 1.807) is 13.2 Å². The summed E-state index contributed by atoms with van der Waals surface area (Å²) in [5.74, 6) is 1.81. The smallest absolute Gasteiger partial charge is 0.233 e. The second-order valence-corrected chi connectivity index (χ2v) is 5.29. The molecule has 0 bridgehead atoms. The second-order valence-electron chi connectivity index (χ2n) is 5.29. The molecule has 0 saturated heterocycles. The summed E-state index contributed by atoms with van der Waals surface area (Å²) in [6.45, 7) is 1.05. The van der Waals surface area contributed by atoms with E-state index < -0.39 is 0 Å². The number of nitrogens with zero attached hydrogens (tertiary/aromatic N) is 4. The summed E-state index contributed by atoms with van der Waals surface area (Å²) in [4.78, 5) is 9.10. The van der Waals surface area contributed by atoms with Gasteiger partial charge in [0.1, 0.15) is 5.69 Å². The Labute approximate surface area is 124 Å². The van der Waals surface area contributed by atoms with Crippen LogP contribution in [0, 0.1) is 5.92 Å². The lowest BCUT2D eigenvalue weighted by Gasteiger charge is -2.23. The molecule has 110 valence electrons. The van der Waals surface area contributed by atoms with Crippen molar-refractivity contribution >= 4 is 0 Å². The van der Waals surface area contributed by atoms with E-state index >= 15 is 0 Å². The fraction of sp³-hybridized carbons (Fsp3) is 0.467. The number of ether oxygens (including phenoxy) is 1. The topological polar surface area (TPSA) is 72.8 Å². The molecule has 1 N–H and O–H groups in total. The van der Waals surface area contributed by atoms with Gasteiger partial charge in [-0.05, 0) is 50.4 Å². The molecule has 2 aromatic rings. The van der Waals surface area contributed by atoms with Gasteiger partial charge < -0.3 is 10.1 Å². The molecule has 0 spiro atoms. The van der Waals surface area contributed by atoms with Gasteiger partial charge in [-0.25, -0.2) is 9.97 Å². The second kappa shape index (κ2) is 6.13. The molecule has 6 nitrogen and oxygen atoms in total. The number of aryl methyl sites for hydroxylation is 1. The molecule has 2 heterocycles. The zero-order valence-electron chi connectivity index (χ0n) is 12.3. The minimum absolute atomic E-state index is 0.492. The van der Waals surface area contributed by atoms with Gasteiger partial charge in [0.15, 0.2) is 5.82 Å². The molecular weight excluding hydrogens is 266 g/mol. The maximum absolute atomic E-state index is 5.01. The van der Waals surface area contributed by atoms with Crippen molar-refractivity contribution in [2.45, 2.75) is 19.3 Å². The predicted octanol–water partition coefficient (Wildman–Crippen LogP) is 1.27. The summed E-state index contributed by atoms with van der Waals surface area (Å²) < 4.78 is 5.01. The molecule has 0 amide bonds. The minimum Gasteiger partial charge on any atom is -0.480 e. The average Bonchev–Trinajstić information content (AvgIpc) is 2.55. The normalized spacial score (nSPS) is 17.3. The monoisotopic (exact) mass is 285 g/mol. The summed E-state index contributed by atoms with van der Waals surface area (Å²) in [6, 6.07) is 3.61. The molecule has 21 heavy (non-hydrogen) atoms. The fourth-order valence-corrected chi connectivity index (χ4v) is 2.72. The fourth-order valence-electron chi connectivity index (χ4n) is 2.72. The highest BCUT2D eigenvalue weighted by Crippen LogP contribution is 2.25. The first-order valence-electron chi connectivity index (χ1n) is 7.17. The Morgan fingerprint density at radius 2 is 2.24 bits per heavy atom. The highest BCUT2D eigenvalue weighted by atomic mass is 16.5. The lowest BCUT2D eigenvalue weighted by Crippen LogP contribution is -2.25. The predicted molar refractivity (Wildman–Crippen MR) is 79.1 cm³/mol. The van der Waals surface area contributed by atoms with Crippen LogP contribution >= 0.6 is 0 Å². The molecule has 1 aliphatic rings. The maximum Gasteiger partial charge on any atom is 0.233 e. The molecular formula is C15H19N5O. The molecule has 0 aliphatic heterocycles. The van der Waals surface area contributed by atoms with Gasteiger partial charge in [0.25, 0.3) is 0 Å². The van der Waals surface area contributed by atoms with Crippen LogP contribution in [-0.2, 0) is 12.8 Å². The number of fused-ring (bicyclic) bond motifs is 1. The standard InChI is InChI=1S/C15H19N5O/c1-16-8-10-3-4-12-11(7-10)9-17-15(18-12)13-5-6-14(21-2)20-19-13/h5-6,9-10,16H,3-4,7-8H2,1-2H3. The number of hydrogen-bond acceptors (Lipinski definition) is 6. The Morgan fingerprint density at radius 1 is 1.33 bits per heavy atom. The molecule has 2 aromatic heterocycles.